The molecule has 1 saturated heterocycles. The number of carbonyl (C=O) groups is 5. The van der Waals surface area contributed by atoms with Crippen molar-refractivity contribution in [1.29, 1.82) is 0 Å². The fourth-order valence-electron chi connectivity index (χ4n) is 4.94. The van der Waals surface area contributed by atoms with E-state index in [9.17, 15) is 29.1 Å². The van der Waals surface area contributed by atoms with Gasteiger partial charge in [0.15, 0.2) is 0 Å². The Balaban J connectivity index is 1.16. The Labute approximate surface area is 228 Å². The van der Waals surface area contributed by atoms with Gasteiger partial charge in [-0.15, -0.1) is 0 Å². The fourth-order valence-corrected chi connectivity index (χ4v) is 4.94. The van der Waals surface area contributed by atoms with Gasteiger partial charge in [-0.05, 0) is 39.9 Å². The number of ether oxygens (including phenoxy) is 1. The van der Waals surface area contributed by atoms with E-state index in [2.05, 4.69) is 21.3 Å². The van der Waals surface area contributed by atoms with Crippen LogP contribution in [0.1, 0.15) is 29.0 Å². The van der Waals surface area contributed by atoms with E-state index in [-0.39, 0.29) is 25.4 Å². The number of alkyl carbamates (subject to hydrolysis) is 1. The van der Waals surface area contributed by atoms with Gasteiger partial charge in [0.05, 0.1) is 6.42 Å². The summed E-state index contributed by atoms with van der Waals surface area (Å²) in [4.78, 5) is 59.8. The maximum absolute atomic E-state index is 12.6. The molecule has 0 unspecified atom stereocenters. The SMILES string of the molecule is O=C1C[C@H](C(=O)Nc2ccc(C[C@H](NC(=O)OCC3c4ccccc4-c4ccccc43)C(=O)O)cc2)NC(=O)N1. The minimum absolute atomic E-state index is 0.0212. The smallest absolute Gasteiger partial charge is 0.407 e. The first kappa shape index (κ1) is 26.4. The Hall–Kier alpha value is -5.19. The second-order valence-corrected chi connectivity index (χ2v) is 9.53. The third-order valence-corrected chi connectivity index (χ3v) is 6.86. The average Bonchev–Trinajstić information content (AvgIpc) is 3.25. The summed E-state index contributed by atoms with van der Waals surface area (Å²) in [7, 11) is 0. The van der Waals surface area contributed by atoms with Crippen molar-refractivity contribution in [3.63, 3.8) is 0 Å². The summed E-state index contributed by atoms with van der Waals surface area (Å²) in [6.07, 6.45) is -1.04. The predicted octanol–water partition coefficient (Wildman–Crippen LogP) is 2.76. The topological polar surface area (TPSA) is 163 Å². The van der Waals surface area contributed by atoms with E-state index in [1.165, 1.54) is 0 Å². The van der Waals surface area contributed by atoms with Crippen LogP contribution in [0.2, 0.25) is 0 Å². The lowest BCUT2D eigenvalue weighted by atomic mass is 9.98. The molecule has 1 aliphatic heterocycles. The van der Waals surface area contributed by atoms with Crippen LogP contribution in [0.15, 0.2) is 72.8 Å². The Morgan fingerprint density at radius 3 is 2.15 bits per heavy atom. The second kappa shape index (κ2) is 11.3. The molecule has 11 nitrogen and oxygen atoms in total. The van der Waals surface area contributed by atoms with Gasteiger partial charge in [-0.25, -0.2) is 14.4 Å². The van der Waals surface area contributed by atoms with Gasteiger partial charge in [0.2, 0.25) is 11.8 Å². The van der Waals surface area contributed by atoms with Crippen LogP contribution >= 0.6 is 0 Å². The summed E-state index contributed by atoms with van der Waals surface area (Å²) in [5, 5.41) is 19.1. The van der Waals surface area contributed by atoms with Crippen LogP contribution in [-0.4, -0.2) is 53.7 Å². The van der Waals surface area contributed by atoms with Crippen molar-refractivity contribution in [2.24, 2.45) is 0 Å². The van der Waals surface area contributed by atoms with Gasteiger partial charge in [-0.2, -0.15) is 0 Å². The van der Waals surface area contributed by atoms with Crippen LogP contribution in [-0.2, 0) is 25.5 Å². The maximum Gasteiger partial charge on any atom is 0.407 e. The van der Waals surface area contributed by atoms with E-state index in [1.807, 2.05) is 48.5 Å². The normalized spacial score (nSPS) is 16.6. The van der Waals surface area contributed by atoms with Gasteiger partial charge in [0.25, 0.3) is 0 Å². The Morgan fingerprint density at radius 2 is 1.55 bits per heavy atom. The number of benzene rings is 3. The van der Waals surface area contributed by atoms with E-state index >= 15 is 0 Å². The van der Waals surface area contributed by atoms with Crippen LogP contribution in [0.5, 0.6) is 0 Å². The van der Waals surface area contributed by atoms with E-state index in [0.29, 0.717) is 11.3 Å². The standard InChI is InChI=1S/C29H26N4O7/c34-25-14-23(31-28(38)33-25)26(35)30-17-11-9-16(10-12-17)13-24(27(36)37)32-29(39)40-15-22-20-7-3-1-5-18(20)19-6-2-4-8-21(19)22/h1-12,22-24H,13-15H2,(H,30,35)(H,32,39)(H,36,37)(H2,31,33,34,38)/t23-,24+/m1/s1. The number of hydrogen-bond donors (Lipinski definition) is 5. The van der Waals surface area contributed by atoms with Crippen LogP contribution in [0.3, 0.4) is 0 Å². The predicted molar refractivity (Wildman–Crippen MR) is 143 cm³/mol. The third-order valence-electron chi connectivity index (χ3n) is 6.86. The molecule has 204 valence electrons. The molecule has 40 heavy (non-hydrogen) atoms. The van der Waals surface area contributed by atoms with Crippen LogP contribution in [0, 0.1) is 0 Å². The van der Waals surface area contributed by atoms with Crippen molar-refractivity contribution < 1.29 is 33.8 Å². The third kappa shape index (κ3) is 5.78. The number of aliphatic carboxylic acids is 1. The van der Waals surface area contributed by atoms with Crippen molar-refractivity contribution in [2.45, 2.75) is 30.8 Å². The van der Waals surface area contributed by atoms with Gasteiger partial charge in [0.1, 0.15) is 18.7 Å². The Morgan fingerprint density at radius 1 is 0.925 bits per heavy atom. The number of amides is 5. The lowest BCUT2D eigenvalue weighted by Gasteiger charge is -2.22. The van der Waals surface area contributed by atoms with Crippen LogP contribution < -0.4 is 21.3 Å². The highest BCUT2D eigenvalue weighted by atomic mass is 16.5. The van der Waals surface area contributed by atoms with Gasteiger partial charge in [-0.3, -0.25) is 14.9 Å². The summed E-state index contributed by atoms with van der Waals surface area (Å²) in [5.41, 5.74) is 5.26. The number of urea groups is 1. The van der Waals surface area contributed by atoms with E-state index < -0.39 is 42.0 Å². The zero-order chi connectivity index (χ0) is 28.2. The number of carboxylic acids is 1. The summed E-state index contributed by atoms with van der Waals surface area (Å²) >= 11 is 0. The summed E-state index contributed by atoms with van der Waals surface area (Å²) < 4.78 is 5.47. The minimum atomic E-state index is -1.24. The maximum atomic E-state index is 12.6. The number of anilines is 1. The number of carboxylic acid groups (broad SMARTS) is 1. The molecule has 1 fully saturated rings. The fraction of sp³-hybridized carbons (Fsp3) is 0.207. The van der Waals surface area contributed by atoms with Gasteiger partial charge >= 0.3 is 18.1 Å². The monoisotopic (exact) mass is 542 g/mol. The van der Waals surface area contributed by atoms with Crippen LogP contribution in [0.25, 0.3) is 11.1 Å². The molecule has 3 aromatic rings. The minimum Gasteiger partial charge on any atom is -0.480 e. The molecule has 0 bridgehead atoms. The highest BCUT2D eigenvalue weighted by Gasteiger charge is 2.31. The molecule has 0 spiro atoms. The number of imide groups is 1. The zero-order valence-corrected chi connectivity index (χ0v) is 21.2. The first-order valence-corrected chi connectivity index (χ1v) is 12.6. The van der Waals surface area contributed by atoms with Crippen molar-refractivity contribution in [2.75, 3.05) is 11.9 Å². The molecule has 5 rings (SSSR count). The summed E-state index contributed by atoms with van der Waals surface area (Å²) in [6, 6.07) is 19.2. The molecular formula is C29H26N4O7. The van der Waals surface area contributed by atoms with Gasteiger partial charge in [-0.1, -0.05) is 60.7 Å². The van der Waals surface area contributed by atoms with Gasteiger partial charge < -0.3 is 25.8 Å². The number of carbonyl (C=O) groups excluding carboxylic acids is 4. The Kier molecular flexibility index (Phi) is 7.45. The van der Waals surface area contributed by atoms with Crippen molar-refractivity contribution in [3.05, 3.63) is 89.5 Å². The molecule has 5 N–H and O–H groups in total. The van der Waals surface area contributed by atoms with Crippen molar-refractivity contribution in [1.82, 2.24) is 16.0 Å². The molecular weight excluding hydrogens is 516 g/mol. The average molecular weight is 543 g/mol. The number of hydrogen-bond acceptors (Lipinski definition) is 6. The molecule has 0 saturated carbocycles. The first-order valence-electron chi connectivity index (χ1n) is 12.6. The molecule has 3 aromatic carbocycles. The van der Waals surface area contributed by atoms with Crippen LogP contribution in [0.4, 0.5) is 15.3 Å². The Bertz CT molecular complexity index is 1430. The molecule has 5 amide bonds. The largest absolute Gasteiger partial charge is 0.480 e. The van der Waals surface area contributed by atoms with E-state index in [4.69, 9.17) is 4.74 Å². The summed E-state index contributed by atoms with van der Waals surface area (Å²) in [5.74, 6) is -2.49. The highest BCUT2D eigenvalue weighted by molar-refractivity contribution is 6.05. The highest BCUT2D eigenvalue weighted by Crippen LogP contribution is 2.44. The van der Waals surface area contributed by atoms with Crippen molar-refractivity contribution >= 4 is 35.6 Å². The molecule has 0 aromatic heterocycles. The lowest BCUT2D eigenvalue weighted by molar-refractivity contribution is -0.139. The van der Waals surface area contributed by atoms with E-state index in [0.717, 1.165) is 22.3 Å². The number of fused-ring (bicyclic) bond motifs is 3. The summed E-state index contributed by atoms with van der Waals surface area (Å²) in [6.45, 7) is 0.0592. The zero-order valence-electron chi connectivity index (χ0n) is 21.2. The quantitative estimate of drug-likeness (QED) is 0.292. The molecule has 1 aliphatic carbocycles. The van der Waals surface area contributed by atoms with E-state index in [1.54, 1.807) is 24.3 Å². The molecule has 11 heteroatoms. The van der Waals surface area contributed by atoms with Gasteiger partial charge in [0, 0.05) is 18.0 Å². The number of nitrogens with one attached hydrogen (secondary N) is 4. The second-order valence-electron chi connectivity index (χ2n) is 9.53. The molecule has 2 atom stereocenters. The molecule has 2 aliphatic rings. The lowest BCUT2D eigenvalue weighted by Crippen LogP contribution is -2.56. The van der Waals surface area contributed by atoms with Crippen molar-refractivity contribution in [3.8, 4) is 11.1 Å². The molecule has 0 radical (unpaired) electrons. The first-order chi connectivity index (χ1) is 19.3. The molecule has 1 heterocycles. The number of rotatable bonds is 8.